The molecule has 0 unspecified atom stereocenters. The maximum absolute atomic E-state index is 15.1. The van der Waals surface area contributed by atoms with E-state index in [2.05, 4.69) is 45.3 Å². The van der Waals surface area contributed by atoms with Crippen molar-refractivity contribution in [3.8, 4) is 22.1 Å². The summed E-state index contributed by atoms with van der Waals surface area (Å²) in [7, 11) is 1.68. The van der Waals surface area contributed by atoms with E-state index in [0.717, 1.165) is 23.3 Å². The number of nitrogens with one attached hydrogen (secondary N) is 5. The molecule has 1 saturated heterocycles. The SMILES string of the molecule is C/C1=C/C=C/[C@H](C)C[C@@H](C)C[C@@H](C)[C@H](O)[C@H](C)[C@@H](O)/C=C/O[C@@]2(C)Oc3c(C)c(O)c4c(=O)c(c5sc6cc(N7CCC(N(C)C(=O)OCc8ccc(NC(=O)[C@H](CCCNC(N)=O)NC(=O)[C@@H](NC(=O)CCCCCN9C(=O)C=CC9=O)C(C)C)cc8)CC7)ccc6nc-5c4c3C2=O)NC1=O. The van der Waals surface area contributed by atoms with Gasteiger partial charge < -0.3 is 71.6 Å². The molecule has 26 nitrogen and oxygen atoms in total. The number of phenolic OH excluding ortho intramolecular Hbond substituents is 1. The number of aliphatic hydroxyl groups is 2. The van der Waals surface area contributed by atoms with Gasteiger partial charge in [-0.15, -0.1) is 11.3 Å². The first-order valence-electron chi connectivity index (χ1n) is 34.9. The number of rotatable bonds is 20. The van der Waals surface area contributed by atoms with Crippen molar-refractivity contribution in [2.24, 2.45) is 35.3 Å². The molecule has 3 aromatic rings. The van der Waals surface area contributed by atoms with Crippen LogP contribution in [0.2, 0.25) is 0 Å². The van der Waals surface area contributed by atoms with Crippen molar-refractivity contribution in [2.45, 2.75) is 169 Å². The number of aliphatic hydroxyl groups excluding tert-OH is 2. The van der Waals surface area contributed by atoms with E-state index < -0.39 is 82.8 Å². The number of unbranched alkanes of at least 4 members (excludes halogenated alkanes) is 2. The molecule has 3 aromatic carbocycles. The fourth-order valence-electron chi connectivity index (χ4n) is 13.5. The molecule has 9 amide bonds. The van der Waals surface area contributed by atoms with Gasteiger partial charge in [-0.2, -0.15) is 0 Å². The summed E-state index contributed by atoms with van der Waals surface area (Å²) in [5.74, 6) is -6.89. The maximum Gasteiger partial charge on any atom is 0.410 e. The molecule has 1 fully saturated rings. The Balaban J connectivity index is 0.858. The highest BCUT2D eigenvalue weighted by atomic mass is 32.1. The van der Waals surface area contributed by atoms with Gasteiger partial charge in [0, 0.05) is 98.6 Å². The zero-order valence-electron chi connectivity index (χ0n) is 59.4. The highest BCUT2D eigenvalue weighted by molar-refractivity contribution is 7.22. The number of carbonyl (C=O) groups is 9. The van der Waals surface area contributed by atoms with Crippen LogP contribution in [0, 0.1) is 36.5 Å². The van der Waals surface area contributed by atoms with Gasteiger partial charge in [0.2, 0.25) is 23.2 Å². The summed E-state index contributed by atoms with van der Waals surface area (Å²) in [6, 6.07) is 9.28. The number of benzene rings is 4. The third-order valence-electron chi connectivity index (χ3n) is 19.6. The molecule has 6 aliphatic heterocycles. The van der Waals surface area contributed by atoms with E-state index in [4.69, 9.17) is 24.9 Å². The van der Waals surface area contributed by atoms with Gasteiger partial charge in [-0.25, -0.2) is 14.6 Å². The lowest BCUT2D eigenvalue weighted by Gasteiger charge is -2.37. The molecule has 546 valence electrons. The molecule has 7 aliphatic rings. The van der Waals surface area contributed by atoms with Crippen LogP contribution in [0.25, 0.3) is 31.6 Å². The monoisotopic (exact) mass is 1420 g/mol. The predicted octanol–water partition coefficient (Wildman–Crippen LogP) is 8.99. The largest absolute Gasteiger partial charge is 0.507 e. The molecule has 9 atom stereocenters. The smallest absolute Gasteiger partial charge is 0.410 e. The molecular weight excluding hydrogens is 1330 g/mol. The van der Waals surface area contributed by atoms with Gasteiger partial charge in [-0.1, -0.05) is 78.3 Å². The molecule has 1 aliphatic carbocycles. The van der Waals surface area contributed by atoms with Crippen LogP contribution in [0.15, 0.2) is 95.6 Å². The van der Waals surface area contributed by atoms with Crippen molar-refractivity contribution in [1.29, 1.82) is 0 Å². The number of piperidine rings is 1. The van der Waals surface area contributed by atoms with Crippen molar-refractivity contribution < 1.29 is 72.7 Å². The number of allylic oxidation sites excluding steroid dienone is 3. The summed E-state index contributed by atoms with van der Waals surface area (Å²) >= 11 is 1.18. The number of urea groups is 1. The number of carbonyl (C=O) groups excluding carboxylic acids is 9. The fourth-order valence-corrected chi connectivity index (χ4v) is 14.6. The minimum Gasteiger partial charge on any atom is -0.507 e. The summed E-state index contributed by atoms with van der Waals surface area (Å²) in [5.41, 5.74) is 7.13. The number of primary amides is 1. The number of aromatic nitrogens is 1. The van der Waals surface area contributed by atoms with Gasteiger partial charge in [0.05, 0.1) is 50.2 Å². The number of phenols is 1. The highest BCUT2D eigenvalue weighted by Gasteiger charge is 2.50. The summed E-state index contributed by atoms with van der Waals surface area (Å²) in [6.07, 6.45) is 12.5. The van der Waals surface area contributed by atoms with E-state index >= 15 is 4.79 Å². The molecular formula is C75H94N10O16S. The summed E-state index contributed by atoms with van der Waals surface area (Å²) in [5, 5.41) is 48.0. The number of imide groups is 1. The Labute approximate surface area is 596 Å². The van der Waals surface area contributed by atoms with E-state index in [9.17, 15) is 58.5 Å². The highest BCUT2D eigenvalue weighted by Crippen LogP contribution is 2.52. The van der Waals surface area contributed by atoms with E-state index in [1.54, 1.807) is 76.1 Å². The Bertz CT molecular complexity index is 4160. The first-order chi connectivity index (χ1) is 48.4. The molecule has 27 heteroatoms. The summed E-state index contributed by atoms with van der Waals surface area (Å²) in [6.45, 7) is 17.3. The van der Waals surface area contributed by atoms with Gasteiger partial charge in [0.15, 0.2) is 0 Å². The van der Waals surface area contributed by atoms with Crippen LogP contribution in [-0.4, -0.2) is 153 Å². The first kappa shape index (κ1) is 76.4. The molecule has 10 N–H and O–H groups in total. The number of anilines is 3. The predicted molar refractivity (Wildman–Crippen MR) is 388 cm³/mol. The summed E-state index contributed by atoms with van der Waals surface area (Å²) < 4.78 is 18.7. The van der Waals surface area contributed by atoms with Crippen molar-refractivity contribution in [3.05, 3.63) is 118 Å². The van der Waals surface area contributed by atoms with Crippen molar-refractivity contribution in [3.63, 3.8) is 0 Å². The molecule has 10 rings (SSSR count). The number of nitrogens with two attached hydrogens (primary N) is 1. The number of ketones is 1. The molecule has 102 heavy (non-hydrogen) atoms. The zero-order chi connectivity index (χ0) is 74.0. The quantitative estimate of drug-likeness (QED) is 0.0152. The van der Waals surface area contributed by atoms with Crippen molar-refractivity contribution >= 4 is 103 Å². The fraction of sp³-hybridized carbons (Fsp3) is 0.480. The lowest BCUT2D eigenvalue weighted by molar-refractivity contribution is -0.137. The van der Waals surface area contributed by atoms with Crippen LogP contribution in [0.3, 0.4) is 0 Å². The first-order valence-corrected chi connectivity index (χ1v) is 35.7. The Morgan fingerprint density at radius 2 is 1.60 bits per heavy atom. The topological polar surface area (TPSA) is 368 Å². The standard InChI is InChI=1S/C75H94N10O16S/c1-40(2)61(81-55(87)19-12-11-13-32-85-56(88)26-27-57(85)89)72(96)80-52(18-15-31-77-73(76)97)71(95)78-48-22-20-47(21-23-48)39-99-74(98)83(10)49-28-33-84(34-29-49)50-24-25-51-54(38-50)102-68-62(79-51)58-59-65(91)46(8)67-60(58)69(93)75(9,101-67)100-35-30-53(86)45(7)64(90)44(6)37-42(4)36-41(3)16-14-17-43(5)70(94)82-63(68)66(59)92/h14,16-17,20-27,30,35,38,40-42,44-45,49,52-53,61,64,86,90-91H,11-13,15,18-19,28-29,31-34,36-37,39H2,1-10H3,(H,78,95)(H,80,96)(H,81,87)(H,82,94)(H3,76,77,97)/b16-14+,35-30+,43-17-/t41-,42+,44+,45+,52-,53-,61-,64-,75-/m0/s1. The van der Waals surface area contributed by atoms with E-state index in [0.29, 0.717) is 73.1 Å². The number of Topliss-reactive ketones (excluding diaryl/α,β-unsaturated/α-hetero) is 1. The van der Waals surface area contributed by atoms with Gasteiger partial charge in [-0.05, 0) is 131 Å². The Kier molecular flexibility index (Phi) is 25.0. The number of hydrogen-bond donors (Lipinski definition) is 9. The second-order valence-corrected chi connectivity index (χ2v) is 28.9. The number of fused-ring (bicyclic) bond motifs is 14. The second-order valence-electron chi connectivity index (χ2n) is 27.9. The number of aromatic hydroxyl groups is 1. The zero-order valence-corrected chi connectivity index (χ0v) is 60.2. The molecule has 0 aromatic heterocycles. The van der Waals surface area contributed by atoms with Gasteiger partial charge in [0.1, 0.15) is 35.9 Å². The minimum absolute atomic E-state index is 0.00889. The number of hydrogen-bond acceptors (Lipinski definition) is 19. The van der Waals surface area contributed by atoms with E-state index in [1.165, 1.54) is 43.4 Å². The van der Waals surface area contributed by atoms with Gasteiger partial charge in [-0.3, -0.25) is 43.3 Å². The van der Waals surface area contributed by atoms with Gasteiger partial charge in [0.25, 0.3) is 23.5 Å². The molecule has 0 saturated carbocycles. The molecule has 6 heterocycles. The minimum atomic E-state index is -2.03. The van der Waals surface area contributed by atoms with Crippen molar-refractivity contribution in [2.75, 3.05) is 48.8 Å². The number of amides is 9. The third-order valence-corrected chi connectivity index (χ3v) is 20.7. The second kappa shape index (κ2) is 33.4. The molecule has 0 spiro atoms. The number of ether oxygens (including phenoxy) is 3. The lowest BCUT2D eigenvalue weighted by Crippen LogP contribution is -2.54. The van der Waals surface area contributed by atoms with Crippen LogP contribution in [0.1, 0.15) is 141 Å². The number of nitrogens with zero attached hydrogens (tertiary/aromatic N) is 4. The van der Waals surface area contributed by atoms with Crippen LogP contribution in [0.4, 0.5) is 26.7 Å². The van der Waals surface area contributed by atoms with Crippen LogP contribution in [0.5, 0.6) is 11.5 Å². The average molecular weight is 1420 g/mol. The van der Waals surface area contributed by atoms with Crippen LogP contribution in [-0.2, 0) is 44.8 Å². The van der Waals surface area contributed by atoms with E-state index in [1.807, 2.05) is 31.2 Å². The Hall–Kier alpha value is -9.73. The van der Waals surface area contributed by atoms with Gasteiger partial charge >= 0.3 is 17.9 Å². The maximum atomic E-state index is 15.1. The van der Waals surface area contributed by atoms with Crippen LogP contribution < -0.4 is 47.4 Å². The van der Waals surface area contributed by atoms with Crippen LogP contribution >= 0.6 is 11.3 Å². The lowest BCUT2D eigenvalue weighted by atomic mass is 9.82. The normalized spacial score (nSPS) is 23.1. The third kappa shape index (κ3) is 17.9. The van der Waals surface area contributed by atoms with E-state index in [-0.39, 0.29) is 136 Å². The summed E-state index contributed by atoms with van der Waals surface area (Å²) in [4.78, 5) is 144. The Morgan fingerprint density at radius 3 is 2.28 bits per heavy atom. The average Bonchev–Trinajstić information content (AvgIpc) is 1.41. The van der Waals surface area contributed by atoms with Crippen molar-refractivity contribution in [1.82, 2.24) is 30.7 Å². The molecule has 5 bridgehead atoms. The Morgan fingerprint density at radius 1 is 0.892 bits per heavy atom. The molecule has 0 radical (unpaired) electrons.